The highest BCUT2D eigenvalue weighted by atomic mass is 35.5. The molecule has 5 aromatic rings. The lowest BCUT2D eigenvalue weighted by molar-refractivity contribution is -0.138. The molecule has 1 aromatic heterocycles. The van der Waals surface area contributed by atoms with Gasteiger partial charge in [-0.3, -0.25) is 4.79 Å². The van der Waals surface area contributed by atoms with Crippen LogP contribution < -0.4 is 5.32 Å². The van der Waals surface area contributed by atoms with E-state index < -0.39 is 0 Å². The summed E-state index contributed by atoms with van der Waals surface area (Å²) in [5, 5.41) is 4.23. The molecule has 0 amide bonds. The van der Waals surface area contributed by atoms with Gasteiger partial charge < -0.3 is 14.6 Å². The van der Waals surface area contributed by atoms with Gasteiger partial charge in [0.2, 0.25) is 0 Å². The molecule has 0 unspecified atom stereocenters. The number of carbonyl (C=O) groups excluding carboxylic acids is 1. The Morgan fingerprint density at radius 2 is 1.60 bits per heavy atom. The first-order valence-electron chi connectivity index (χ1n) is 13.9. The monoisotopic (exact) mass is 597 g/mol. The first-order valence-corrected chi connectivity index (χ1v) is 14.7. The molecule has 7 heteroatoms. The Bertz CT molecular complexity index is 1680. The van der Waals surface area contributed by atoms with Gasteiger partial charge in [0.05, 0.1) is 17.8 Å². The summed E-state index contributed by atoms with van der Waals surface area (Å²) in [4.78, 5) is 16.7. The first-order chi connectivity index (χ1) is 20.3. The molecule has 0 aliphatic carbocycles. The number of carbonyl (C=O) groups is 1. The van der Waals surface area contributed by atoms with Gasteiger partial charge in [0, 0.05) is 34.6 Å². The number of imidazole rings is 1. The van der Waals surface area contributed by atoms with Crippen molar-refractivity contribution in [2.24, 2.45) is 5.92 Å². The van der Waals surface area contributed by atoms with Crippen LogP contribution in [0.2, 0.25) is 10.0 Å². The van der Waals surface area contributed by atoms with E-state index in [2.05, 4.69) is 72.3 Å². The van der Waals surface area contributed by atoms with Gasteiger partial charge in [-0.15, -0.1) is 0 Å². The third kappa shape index (κ3) is 7.22. The highest BCUT2D eigenvalue weighted by Gasteiger charge is 2.15. The van der Waals surface area contributed by atoms with Crippen LogP contribution in [-0.4, -0.2) is 29.2 Å². The zero-order valence-electron chi connectivity index (χ0n) is 23.9. The van der Waals surface area contributed by atoms with Crippen LogP contribution in [-0.2, 0) is 22.4 Å². The van der Waals surface area contributed by atoms with E-state index in [-0.39, 0.29) is 12.5 Å². The van der Waals surface area contributed by atoms with Crippen LogP contribution >= 0.6 is 23.2 Å². The van der Waals surface area contributed by atoms with E-state index >= 15 is 0 Å². The van der Waals surface area contributed by atoms with Crippen molar-refractivity contribution >= 4 is 34.9 Å². The van der Waals surface area contributed by atoms with Crippen molar-refractivity contribution in [1.82, 2.24) is 9.55 Å². The fraction of sp³-hybridized carbons (Fsp3) is 0.200. The lowest BCUT2D eigenvalue weighted by Gasteiger charge is -2.11. The van der Waals surface area contributed by atoms with E-state index in [0.717, 1.165) is 40.4 Å². The number of hydrogen-bond acceptors (Lipinski definition) is 4. The van der Waals surface area contributed by atoms with Gasteiger partial charge in [0.25, 0.3) is 0 Å². The molecule has 1 heterocycles. The molecule has 0 aliphatic rings. The molecule has 0 aliphatic heterocycles. The zero-order chi connectivity index (χ0) is 29.6. The summed E-state index contributed by atoms with van der Waals surface area (Å²) in [6.07, 6.45) is 3.68. The fourth-order valence-electron chi connectivity index (χ4n) is 4.91. The third-order valence-electron chi connectivity index (χ3n) is 7.02. The normalized spacial score (nSPS) is 11.1. The van der Waals surface area contributed by atoms with Gasteiger partial charge in [0.15, 0.2) is 0 Å². The Morgan fingerprint density at radius 1 is 0.905 bits per heavy atom. The quantitative estimate of drug-likeness (QED) is 0.163. The maximum Gasteiger partial charge on any atom is 0.325 e. The van der Waals surface area contributed by atoms with Gasteiger partial charge in [-0.25, -0.2) is 4.98 Å². The summed E-state index contributed by atoms with van der Waals surface area (Å²) < 4.78 is 6.82. The number of nitrogens with zero attached hydrogens (tertiary/aromatic N) is 2. The third-order valence-corrected chi connectivity index (χ3v) is 7.57. The molecule has 5 rings (SSSR count). The molecular formula is C35H33Cl2N3O2. The van der Waals surface area contributed by atoms with Crippen LogP contribution in [0, 0.1) is 5.92 Å². The van der Waals surface area contributed by atoms with Crippen LogP contribution in [0.25, 0.3) is 28.1 Å². The lowest BCUT2D eigenvalue weighted by atomic mass is 9.98. The number of esters is 1. The second-order valence-corrected chi connectivity index (χ2v) is 11.5. The number of halogens is 2. The standard InChI is InChI=1S/C35H33Cl2N3O2/c1-23(2)17-24-7-11-26(12-8-24)27-13-9-25(10-14-27)18-34-39-33(31-16-15-28(36)19-32(31)37)22-40(34)30-6-4-5-29(20-30)38-21-35(41)42-3/h4-16,19-20,22-23,38H,17-18,21H2,1-3H3. The highest BCUT2D eigenvalue weighted by molar-refractivity contribution is 6.36. The van der Waals surface area contributed by atoms with Crippen LogP contribution in [0.5, 0.6) is 0 Å². The van der Waals surface area contributed by atoms with Gasteiger partial charge in [-0.2, -0.15) is 0 Å². The summed E-state index contributed by atoms with van der Waals surface area (Å²) in [5.74, 6) is 1.16. The topological polar surface area (TPSA) is 56.1 Å². The van der Waals surface area contributed by atoms with Crippen molar-refractivity contribution in [1.29, 1.82) is 0 Å². The number of anilines is 1. The van der Waals surface area contributed by atoms with Crippen molar-refractivity contribution in [3.05, 3.63) is 124 Å². The summed E-state index contributed by atoms with van der Waals surface area (Å²) in [6.45, 7) is 4.56. The minimum Gasteiger partial charge on any atom is -0.468 e. The zero-order valence-corrected chi connectivity index (χ0v) is 25.4. The molecule has 5 nitrogen and oxygen atoms in total. The molecule has 4 aromatic carbocycles. The van der Waals surface area contributed by atoms with Gasteiger partial charge in [0.1, 0.15) is 12.4 Å². The van der Waals surface area contributed by atoms with Crippen molar-refractivity contribution in [2.75, 3.05) is 19.0 Å². The van der Waals surface area contributed by atoms with Crippen molar-refractivity contribution in [2.45, 2.75) is 26.7 Å². The van der Waals surface area contributed by atoms with Crippen LogP contribution in [0.15, 0.2) is 97.2 Å². The molecule has 0 saturated heterocycles. The maximum atomic E-state index is 11.7. The van der Waals surface area contributed by atoms with E-state index in [9.17, 15) is 4.79 Å². The summed E-state index contributed by atoms with van der Waals surface area (Å²) >= 11 is 12.7. The van der Waals surface area contributed by atoms with Crippen LogP contribution in [0.4, 0.5) is 5.69 Å². The number of rotatable bonds is 10. The van der Waals surface area contributed by atoms with Crippen molar-refractivity contribution in [3.8, 4) is 28.1 Å². The molecule has 0 bridgehead atoms. The minimum absolute atomic E-state index is 0.0785. The average molecular weight is 599 g/mol. The van der Waals surface area contributed by atoms with Crippen molar-refractivity contribution in [3.63, 3.8) is 0 Å². The van der Waals surface area contributed by atoms with E-state index in [0.29, 0.717) is 22.4 Å². The lowest BCUT2D eigenvalue weighted by Crippen LogP contribution is -2.15. The Morgan fingerprint density at radius 3 is 2.24 bits per heavy atom. The average Bonchev–Trinajstić information content (AvgIpc) is 3.40. The predicted octanol–water partition coefficient (Wildman–Crippen LogP) is 8.89. The molecule has 0 radical (unpaired) electrons. The predicted molar refractivity (Wildman–Crippen MR) is 173 cm³/mol. The Hall–Kier alpha value is -4.06. The summed E-state index contributed by atoms with van der Waals surface area (Å²) in [6, 6.07) is 30.7. The Kier molecular flexibility index (Phi) is 9.31. The number of hydrogen-bond donors (Lipinski definition) is 1. The highest BCUT2D eigenvalue weighted by Crippen LogP contribution is 2.32. The van der Waals surface area contributed by atoms with E-state index in [1.807, 2.05) is 42.6 Å². The van der Waals surface area contributed by atoms with E-state index in [4.69, 9.17) is 32.9 Å². The Balaban J connectivity index is 1.45. The summed E-state index contributed by atoms with van der Waals surface area (Å²) in [5.41, 5.74) is 8.13. The molecule has 42 heavy (non-hydrogen) atoms. The molecule has 0 fully saturated rings. The molecule has 214 valence electrons. The summed E-state index contributed by atoms with van der Waals surface area (Å²) in [7, 11) is 1.37. The maximum absolute atomic E-state index is 11.7. The molecule has 1 N–H and O–H groups in total. The SMILES string of the molecule is COC(=O)CNc1cccc(-n2cc(-c3ccc(Cl)cc3Cl)nc2Cc2ccc(-c3ccc(CC(C)C)cc3)cc2)c1. The minimum atomic E-state index is -0.335. The second kappa shape index (κ2) is 13.3. The first kappa shape index (κ1) is 29.4. The van der Waals surface area contributed by atoms with Gasteiger partial charge in [-0.1, -0.05) is 91.6 Å². The molecule has 0 saturated carbocycles. The Labute approximate surface area is 257 Å². The van der Waals surface area contributed by atoms with E-state index in [1.54, 1.807) is 6.07 Å². The van der Waals surface area contributed by atoms with Crippen LogP contribution in [0.1, 0.15) is 30.8 Å². The molecule has 0 spiro atoms. The number of methoxy groups -OCH3 is 1. The molecular weight excluding hydrogens is 565 g/mol. The van der Waals surface area contributed by atoms with E-state index in [1.165, 1.54) is 23.8 Å². The second-order valence-electron chi connectivity index (χ2n) is 10.7. The fourth-order valence-corrected chi connectivity index (χ4v) is 5.41. The number of ether oxygens (including phenoxy) is 1. The number of benzene rings is 4. The van der Waals surface area contributed by atoms with Gasteiger partial charge >= 0.3 is 5.97 Å². The smallest absolute Gasteiger partial charge is 0.325 e. The van der Waals surface area contributed by atoms with Crippen molar-refractivity contribution < 1.29 is 9.53 Å². The van der Waals surface area contributed by atoms with Crippen LogP contribution in [0.3, 0.4) is 0 Å². The van der Waals surface area contributed by atoms with Gasteiger partial charge in [-0.05, 0) is 71.0 Å². The largest absolute Gasteiger partial charge is 0.468 e. The number of aromatic nitrogens is 2. The molecule has 0 atom stereocenters. The number of nitrogens with one attached hydrogen (secondary N) is 1.